The number of rotatable bonds is 4. The molecule has 90 valence electrons. The minimum atomic E-state index is 0.372. The predicted molar refractivity (Wildman–Crippen MR) is 70.4 cm³/mol. The van der Waals surface area contributed by atoms with Crippen molar-refractivity contribution in [2.75, 3.05) is 6.54 Å². The number of hydrogen-bond acceptors (Lipinski definition) is 2. The van der Waals surface area contributed by atoms with E-state index in [9.17, 15) is 0 Å². The van der Waals surface area contributed by atoms with Gasteiger partial charge >= 0.3 is 0 Å². The van der Waals surface area contributed by atoms with Crippen LogP contribution in [0.15, 0.2) is 36.7 Å². The van der Waals surface area contributed by atoms with Crippen molar-refractivity contribution in [3.05, 3.63) is 47.8 Å². The van der Waals surface area contributed by atoms with Gasteiger partial charge in [0.25, 0.3) is 0 Å². The monoisotopic (exact) mass is 229 g/mol. The number of hydrogen-bond donors (Lipinski definition) is 1. The average molecular weight is 229 g/mol. The summed E-state index contributed by atoms with van der Waals surface area (Å²) in [5, 5.41) is 7.74. The average Bonchev–Trinajstić information content (AvgIpc) is 2.76. The Hall–Kier alpha value is -1.61. The van der Waals surface area contributed by atoms with Gasteiger partial charge in [0, 0.05) is 12.2 Å². The van der Waals surface area contributed by atoms with E-state index in [0.29, 0.717) is 6.04 Å². The number of nitrogens with zero attached hydrogens (tertiary/aromatic N) is 2. The first-order valence-electron chi connectivity index (χ1n) is 6.05. The smallest absolute Gasteiger partial charge is 0.0648 e. The van der Waals surface area contributed by atoms with E-state index >= 15 is 0 Å². The van der Waals surface area contributed by atoms with E-state index < -0.39 is 0 Å². The Morgan fingerprint density at radius 3 is 2.88 bits per heavy atom. The lowest BCUT2D eigenvalue weighted by Gasteiger charge is -2.13. The first-order chi connectivity index (χ1) is 8.20. The van der Waals surface area contributed by atoms with E-state index in [0.717, 1.165) is 12.2 Å². The molecular weight excluding hydrogens is 210 g/mol. The van der Waals surface area contributed by atoms with Crippen molar-refractivity contribution in [3.63, 3.8) is 0 Å². The second kappa shape index (κ2) is 5.15. The maximum atomic E-state index is 4.33. The quantitative estimate of drug-likeness (QED) is 0.873. The van der Waals surface area contributed by atoms with Crippen LogP contribution in [0.2, 0.25) is 0 Å². The molecule has 0 aliphatic heterocycles. The van der Waals surface area contributed by atoms with Crippen LogP contribution in [0.4, 0.5) is 0 Å². The van der Waals surface area contributed by atoms with Crippen molar-refractivity contribution >= 4 is 0 Å². The SMILES string of the molecule is CCNC(C)c1cccc(-n2cc(C)cn2)c1. The van der Waals surface area contributed by atoms with Crippen LogP contribution in [0.25, 0.3) is 5.69 Å². The molecule has 0 bridgehead atoms. The van der Waals surface area contributed by atoms with Gasteiger partial charge in [0.1, 0.15) is 0 Å². The highest BCUT2D eigenvalue weighted by Gasteiger charge is 2.05. The van der Waals surface area contributed by atoms with Gasteiger partial charge in [-0.1, -0.05) is 19.1 Å². The molecule has 0 radical (unpaired) electrons. The van der Waals surface area contributed by atoms with E-state index in [4.69, 9.17) is 0 Å². The van der Waals surface area contributed by atoms with Crippen molar-refractivity contribution in [3.8, 4) is 5.69 Å². The number of benzene rings is 1. The molecule has 1 heterocycles. The molecule has 17 heavy (non-hydrogen) atoms. The zero-order valence-corrected chi connectivity index (χ0v) is 10.6. The molecule has 0 aliphatic rings. The Bertz CT molecular complexity index is 488. The fourth-order valence-corrected chi connectivity index (χ4v) is 1.91. The van der Waals surface area contributed by atoms with Crippen molar-refractivity contribution in [1.82, 2.24) is 15.1 Å². The summed E-state index contributed by atoms with van der Waals surface area (Å²) in [5.74, 6) is 0. The fourth-order valence-electron chi connectivity index (χ4n) is 1.91. The molecule has 0 spiro atoms. The Balaban J connectivity index is 2.28. The summed E-state index contributed by atoms with van der Waals surface area (Å²) in [7, 11) is 0. The van der Waals surface area contributed by atoms with Crippen LogP contribution >= 0.6 is 0 Å². The molecule has 0 amide bonds. The number of aromatic nitrogens is 2. The standard InChI is InChI=1S/C14H19N3/c1-4-15-12(3)13-6-5-7-14(8-13)17-10-11(2)9-16-17/h5-10,12,15H,4H2,1-3H3. The number of nitrogens with one attached hydrogen (secondary N) is 1. The van der Waals surface area contributed by atoms with Crippen molar-refractivity contribution < 1.29 is 0 Å². The molecule has 2 aromatic rings. The topological polar surface area (TPSA) is 29.9 Å². The van der Waals surface area contributed by atoms with Crippen LogP contribution in [-0.2, 0) is 0 Å². The highest BCUT2D eigenvalue weighted by atomic mass is 15.3. The van der Waals surface area contributed by atoms with Gasteiger partial charge in [-0.15, -0.1) is 0 Å². The lowest BCUT2D eigenvalue weighted by atomic mass is 10.1. The molecule has 1 aromatic heterocycles. The third-order valence-electron chi connectivity index (χ3n) is 2.86. The minimum Gasteiger partial charge on any atom is -0.310 e. The van der Waals surface area contributed by atoms with Crippen LogP contribution in [0, 0.1) is 6.92 Å². The normalized spacial score (nSPS) is 12.6. The van der Waals surface area contributed by atoms with Gasteiger partial charge in [0.15, 0.2) is 0 Å². The molecule has 0 aliphatic carbocycles. The summed E-state index contributed by atoms with van der Waals surface area (Å²) in [6.45, 7) is 7.33. The van der Waals surface area contributed by atoms with Crippen LogP contribution in [0.1, 0.15) is 31.0 Å². The Labute approximate surface area is 102 Å². The molecule has 3 heteroatoms. The fraction of sp³-hybridized carbons (Fsp3) is 0.357. The molecule has 0 fully saturated rings. The molecule has 1 aromatic carbocycles. The molecular formula is C14H19N3. The lowest BCUT2D eigenvalue weighted by Crippen LogP contribution is -2.17. The first kappa shape index (κ1) is 11.9. The van der Waals surface area contributed by atoms with E-state index in [1.165, 1.54) is 11.1 Å². The molecule has 1 N–H and O–H groups in total. The van der Waals surface area contributed by atoms with Gasteiger partial charge in [0.05, 0.1) is 11.9 Å². The van der Waals surface area contributed by atoms with Gasteiger partial charge in [0.2, 0.25) is 0 Å². The highest BCUT2D eigenvalue weighted by Crippen LogP contribution is 2.16. The Morgan fingerprint density at radius 2 is 2.24 bits per heavy atom. The summed E-state index contributed by atoms with van der Waals surface area (Å²) >= 11 is 0. The maximum absolute atomic E-state index is 4.33. The van der Waals surface area contributed by atoms with Gasteiger partial charge in [-0.2, -0.15) is 5.10 Å². The van der Waals surface area contributed by atoms with E-state index in [1.54, 1.807) is 0 Å². The second-order valence-corrected chi connectivity index (χ2v) is 4.34. The largest absolute Gasteiger partial charge is 0.310 e. The molecule has 1 atom stereocenters. The van der Waals surface area contributed by atoms with Gasteiger partial charge < -0.3 is 5.32 Å². The number of aryl methyl sites for hydroxylation is 1. The third-order valence-corrected chi connectivity index (χ3v) is 2.86. The summed E-state index contributed by atoms with van der Waals surface area (Å²) in [5.41, 5.74) is 3.58. The zero-order valence-electron chi connectivity index (χ0n) is 10.6. The summed E-state index contributed by atoms with van der Waals surface area (Å²) in [6.07, 6.45) is 3.91. The van der Waals surface area contributed by atoms with Crippen molar-refractivity contribution in [2.45, 2.75) is 26.8 Å². The van der Waals surface area contributed by atoms with Gasteiger partial charge in [-0.05, 0) is 43.7 Å². The van der Waals surface area contributed by atoms with Gasteiger partial charge in [-0.25, -0.2) is 4.68 Å². The first-order valence-corrected chi connectivity index (χ1v) is 6.05. The highest BCUT2D eigenvalue weighted by molar-refractivity contribution is 5.36. The zero-order chi connectivity index (χ0) is 12.3. The van der Waals surface area contributed by atoms with Crippen LogP contribution < -0.4 is 5.32 Å². The lowest BCUT2D eigenvalue weighted by molar-refractivity contribution is 0.597. The van der Waals surface area contributed by atoms with E-state index in [1.807, 2.05) is 17.1 Å². The summed E-state index contributed by atoms with van der Waals surface area (Å²) in [6, 6.07) is 8.86. The van der Waals surface area contributed by atoms with E-state index in [-0.39, 0.29) is 0 Å². The van der Waals surface area contributed by atoms with E-state index in [2.05, 4.69) is 55.5 Å². The molecule has 3 nitrogen and oxygen atoms in total. The Kier molecular flexibility index (Phi) is 3.59. The summed E-state index contributed by atoms with van der Waals surface area (Å²) < 4.78 is 1.91. The van der Waals surface area contributed by atoms with Crippen molar-refractivity contribution in [2.24, 2.45) is 0 Å². The van der Waals surface area contributed by atoms with Gasteiger partial charge in [-0.3, -0.25) is 0 Å². The minimum absolute atomic E-state index is 0.372. The summed E-state index contributed by atoms with van der Waals surface area (Å²) in [4.78, 5) is 0. The van der Waals surface area contributed by atoms with Crippen LogP contribution in [0.3, 0.4) is 0 Å². The molecule has 1 unspecified atom stereocenters. The van der Waals surface area contributed by atoms with Crippen LogP contribution in [-0.4, -0.2) is 16.3 Å². The third kappa shape index (κ3) is 2.74. The van der Waals surface area contributed by atoms with Crippen LogP contribution in [0.5, 0.6) is 0 Å². The Morgan fingerprint density at radius 1 is 1.41 bits per heavy atom. The second-order valence-electron chi connectivity index (χ2n) is 4.34. The van der Waals surface area contributed by atoms with Crippen molar-refractivity contribution in [1.29, 1.82) is 0 Å². The predicted octanol–water partition coefficient (Wildman–Crippen LogP) is 2.85. The molecule has 0 saturated heterocycles. The maximum Gasteiger partial charge on any atom is 0.0648 e. The molecule has 2 rings (SSSR count). The molecule has 0 saturated carbocycles.